The Labute approximate surface area is 211 Å². The Balaban J connectivity index is 1.59. The van der Waals surface area contributed by atoms with Gasteiger partial charge in [0.2, 0.25) is 16.8 Å². The third-order valence-electron chi connectivity index (χ3n) is 6.23. The van der Waals surface area contributed by atoms with Gasteiger partial charge >= 0.3 is 0 Å². The Morgan fingerprint density at radius 1 is 0.971 bits per heavy atom. The van der Waals surface area contributed by atoms with Crippen LogP contribution in [-0.2, 0) is 23.1 Å². The van der Waals surface area contributed by atoms with Crippen LogP contribution in [0.25, 0.3) is 10.9 Å². The summed E-state index contributed by atoms with van der Waals surface area (Å²) < 4.78 is 40.2. The van der Waals surface area contributed by atoms with E-state index in [9.17, 15) is 13.2 Å². The summed E-state index contributed by atoms with van der Waals surface area (Å²) in [6.07, 6.45) is 0. The topological polar surface area (TPSA) is 88.7 Å². The van der Waals surface area contributed by atoms with Crippen LogP contribution in [0.5, 0.6) is 11.5 Å². The highest BCUT2D eigenvalue weighted by molar-refractivity contribution is 9.10. The number of halogens is 1. The molecule has 0 unspecified atom stereocenters. The average molecular weight is 555 g/mol. The van der Waals surface area contributed by atoms with Gasteiger partial charge in [0, 0.05) is 23.1 Å². The maximum Gasteiger partial charge on any atom is 0.252 e. The molecule has 4 aromatic rings. The third kappa shape index (κ3) is 4.47. The monoisotopic (exact) mass is 554 g/mol. The van der Waals surface area contributed by atoms with Crippen LogP contribution >= 0.6 is 15.9 Å². The lowest BCUT2D eigenvalue weighted by Crippen LogP contribution is -2.32. The lowest BCUT2D eigenvalue weighted by atomic mass is 10.0. The molecule has 0 spiro atoms. The van der Waals surface area contributed by atoms with Gasteiger partial charge in [-0.1, -0.05) is 30.3 Å². The van der Waals surface area contributed by atoms with Crippen molar-refractivity contribution in [1.29, 1.82) is 0 Å². The van der Waals surface area contributed by atoms with E-state index in [1.807, 2.05) is 26.0 Å². The summed E-state index contributed by atoms with van der Waals surface area (Å²) in [6, 6.07) is 17.7. The van der Waals surface area contributed by atoms with E-state index in [0.29, 0.717) is 27.1 Å². The Morgan fingerprint density at radius 2 is 1.74 bits per heavy atom. The molecule has 0 aliphatic carbocycles. The first-order valence-corrected chi connectivity index (χ1v) is 13.2. The maximum absolute atomic E-state index is 13.8. The van der Waals surface area contributed by atoms with Gasteiger partial charge < -0.3 is 14.5 Å². The molecule has 1 aromatic heterocycles. The van der Waals surface area contributed by atoms with Crippen LogP contribution in [-0.4, -0.2) is 24.5 Å². The molecule has 180 valence electrons. The molecule has 0 radical (unpaired) electrons. The molecule has 0 saturated carbocycles. The fraction of sp³-hybridized carbons (Fsp3) is 0.192. The Morgan fingerprint density at radius 3 is 2.54 bits per heavy atom. The van der Waals surface area contributed by atoms with Gasteiger partial charge in [-0.05, 0) is 82.2 Å². The minimum absolute atomic E-state index is 0.0463. The second-order valence-corrected chi connectivity index (χ2v) is 11.2. The van der Waals surface area contributed by atoms with Gasteiger partial charge in [-0.3, -0.25) is 4.79 Å². The second-order valence-electron chi connectivity index (χ2n) is 8.49. The van der Waals surface area contributed by atoms with Crippen LogP contribution in [0.4, 0.5) is 0 Å². The zero-order chi connectivity index (χ0) is 24.7. The van der Waals surface area contributed by atoms with E-state index >= 15 is 0 Å². The van der Waals surface area contributed by atoms with Crippen molar-refractivity contribution < 1.29 is 17.9 Å². The van der Waals surface area contributed by atoms with Crippen LogP contribution in [0.1, 0.15) is 22.3 Å². The summed E-state index contributed by atoms with van der Waals surface area (Å²) in [5.74, 6) is 1.18. The normalized spacial score (nSPS) is 13.0. The summed E-state index contributed by atoms with van der Waals surface area (Å²) in [5, 5.41) is 0.851. The molecule has 0 bridgehead atoms. The predicted molar refractivity (Wildman–Crippen MR) is 137 cm³/mol. The molecular formula is C26H23BrN2O5S. The van der Waals surface area contributed by atoms with Gasteiger partial charge in [-0.2, -0.15) is 4.31 Å². The van der Waals surface area contributed by atoms with E-state index in [-0.39, 0.29) is 30.3 Å². The van der Waals surface area contributed by atoms with E-state index in [1.165, 1.54) is 4.31 Å². The molecular weight excluding hydrogens is 532 g/mol. The summed E-state index contributed by atoms with van der Waals surface area (Å²) in [7, 11) is -3.97. The summed E-state index contributed by atoms with van der Waals surface area (Å²) in [6.45, 7) is 4.01. The first-order valence-electron chi connectivity index (χ1n) is 11.0. The zero-order valence-electron chi connectivity index (χ0n) is 19.2. The SMILES string of the molecule is Cc1ccc2cc(CN(Cc3ccc4c(c3)OCO4)S(=O)(=O)c3ccccc3Br)c(=O)[nH]c2c1C. The minimum Gasteiger partial charge on any atom is -0.454 e. The number of hydrogen-bond donors (Lipinski definition) is 1. The molecule has 1 N–H and O–H groups in total. The fourth-order valence-corrected chi connectivity index (χ4v) is 6.51. The number of nitrogens with zero attached hydrogens (tertiary/aromatic N) is 1. The van der Waals surface area contributed by atoms with Gasteiger partial charge in [0.1, 0.15) is 0 Å². The Bertz CT molecular complexity index is 1610. The molecule has 9 heteroatoms. The first-order chi connectivity index (χ1) is 16.7. The van der Waals surface area contributed by atoms with Crippen LogP contribution in [0.3, 0.4) is 0 Å². The molecule has 0 saturated heterocycles. The quantitative estimate of drug-likeness (QED) is 0.361. The summed E-state index contributed by atoms with van der Waals surface area (Å²) >= 11 is 3.36. The Kier molecular flexibility index (Phi) is 6.16. The number of ether oxygens (including phenoxy) is 2. The molecule has 1 aliphatic heterocycles. The smallest absolute Gasteiger partial charge is 0.252 e. The number of benzene rings is 3. The van der Waals surface area contributed by atoms with Crippen LogP contribution < -0.4 is 15.0 Å². The highest BCUT2D eigenvalue weighted by Gasteiger charge is 2.28. The molecule has 7 nitrogen and oxygen atoms in total. The number of rotatable bonds is 6. The Hall–Kier alpha value is -3.14. The van der Waals surface area contributed by atoms with Crippen molar-refractivity contribution in [1.82, 2.24) is 9.29 Å². The van der Waals surface area contributed by atoms with Crippen molar-refractivity contribution >= 4 is 36.9 Å². The number of nitrogens with one attached hydrogen (secondary N) is 1. The van der Waals surface area contributed by atoms with Crippen LogP contribution in [0.2, 0.25) is 0 Å². The van der Waals surface area contributed by atoms with Crippen LogP contribution in [0.15, 0.2) is 74.8 Å². The van der Waals surface area contributed by atoms with Crippen molar-refractivity contribution in [3.05, 3.63) is 97.7 Å². The molecule has 0 fully saturated rings. The first kappa shape index (κ1) is 23.6. The largest absolute Gasteiger partial charge is 0.454 e. The number of fused-ring (bicyclic) bond motifs is 2. The fourth-order valence-electron chi connectivity index (χ4n) is 4.14. The molecule has 35 heavy (non-hydrogen) atoms. The highest BCUT2D eigenvalue weighted by Crippen LogP contribution is 2.34. The van der Waals surface area contributed by atoms with Crippen molar-refractivity contribution in [3.8, 4) is 11.5 Å². The summed E-state index contributed by atoms with van der Waals surface area (Å²) in [5.41, 5.74) is 3.58. The standard InChI is InChI=1S/C26H23BrN2O5S/c1-16-7-9-19-12-20(26(30)28-25(19)17(16)2)14-29(35(31,32)24-6-4-3-5-21(24)27)13-18-8-10-22-23(11-18)34-15-33-22/h3-12H,13-15H2,1-2H3,(H,28,30). The molecule has 0 atom stereocenters. The molecule has 5 rings (SSSR count). The van der Waals surface area contributed by atoms with E-state index in [0.717, 1.165) is 22.0 Å². The number of aromatic nitrogens is 1. The molecule has 1 aliphatic rings. The van der Waals surface area contributed by atoms with Crippen molar-refractivity contribution in [2.24, 2.45) is 0 Å². The van der Waals surface area contributed by atoms with E-state index in [4.69, 9.17) is 9.47 Å². The van der Waals surface area contributed by atoms with Crippen molar-refractivity contribution in [2.75, 3.05) is 6.79 Å². The lowest BCUT2D eigenvalue weighted by molar-refractivity contribution is 0.174. The van der Waals surface area contributed by atoms with Gasteiger partial charge in [0.25, 0.3) is 5.56 Å². The molecule has 0 amide bonds. The van der Waals surface area contributed by atoms with Crippen LogP contribution in [0, 0.1) is 13.8 Å². The van der Waals surface area contributed by atoms with Crippen molar-refractivity contribution in [3.63, 3.8) is 0 Å². The van der Waals surface area contributed by atoms with Crippen molar-refractivity contribution in [2.45, 2.75) is 31.8 Å². The van der Waals surface area contributed by atoms with Gasteiger partial charge in [-0.25, -0.2) is 8.42 Å². The van der Waals surface area contributed by atoms with Gasteiger partial charge in [-0.15, -0.1) is 0 Å². The number of sulfonamides is 1. The van der Waals surface area contributed by atoms with Gasteiger partial charge in [0.05, 0.1) is 10.4 Å². The predicted octanol–water partition coefficient (Wildman–Crippen LogP) is 5.03. The molecule has 2 heterocycles. The minimum atomic E-state index is -3.97. The number of aryl methyl sites for hydroxylation is 2. The lowest BCUT2D eigenvalue weighted by Gasteiger charge is -2.23. The maximum atomic E-state index is 13.8. The number of H-pyrrole nitrogens is 1. The number of aromatic amines is 1. The summed E-state index contributed by atoms with van der Waals surface area (Å²) in [4.78, 5) is 16.1. The van der Waals surface area contributed by atoms with E-state index in [2.05, 4.69) is 20.9 Å². The molecule has 3 aromatic carbocycles. The van der Waals surface area contributed by atoms with E-state index in [1.54, 1.807) is 48.5 Å². The zero-order valence-corrected chi connectivity index (χ0v) is 21.6. The van der Waals surface area contributed by atoms with E-state index < -0.39 is 10.0 Å². The number of pyridine rings is 1. The highest BCUT2D eigenvalue weighted by atomic mass is 79.9. The third-order valence-corrected chi connectivity index (χ3v) is 9.03. The average Bonchev–Trinajstić information content (AvgIpc) is 3.30. The van der Waals surface area contributed by atoms with Gasteiger partial charge in [0.15, 0.2) is 11.5 Å². The number of hydrogen-bond acceptors (Lipinski definition) is 5. The second kappa shape index (κ2) is 9.14.